The average molecular weight is 292 g/mol. The fourth-order valence-electron chi connectivity index (χ4n) is 2.52. The third kappa shape index (κ3) is 3.16. The van der Waals surface area contributed by atoms with Crippen LogP contribution in [0.25, 0.3) is 0 Å². The first-order chi connectivity index (χ1) is 9.91. The summed E-state index contributed by atoms with van der Waals surface area (Å²) in [5.41, 5.74) is 2.70. The number of likely N-dealkylation sites (N-methyl/N-ethyl adjacent to an activating group) is 1. The molecule has 114 valence electrons. The van der Waals surface area contributed by atoms with Gasteiger partial charge in [-0.05, 0) is 25.0 Å². The number of anilines is 1. The second kappa shape index (κ2) is 6.13. The predicted octanol–water partition coefficient (Wildman–Crippen LogP) is 1.87. The fraction of sp³-hybridized carbons (Fsp3) is 0.467. The van der Waals surface area contributed by atoms with Gasteiger partial charge in [-0.15, -0.1) is 0 Å². The molecule has 0 aromatic heterocycles. The molecule has 0 bridgehead atoms. The van der Waals surface area contributed by atoms with Crippen molar-refractivity contribution in [3.63, 3.8) is 0 Å². The monoisotopic (exact) mass is 292 g/mol. The zero-order chi connectivity index (χ0) is 15.6. The number of benzene rings is 1. The summed E-state index contributed by atoms with van der Waals surface area (Å²) in [6.45, 7) is 4.22. The van der Waals surface area contributed by atoms with Gasteiger partial charge in [0.15, 0.2) is 0 Å². The second-order valence-corrected chi connectivity index (χ2v) is 5.36. The molecule has 6 heteroatoms. The van der Waals surface area contributed by atoms with Crippen LogP contribution in [0.4, 0.5) is 10.5 Å². The molecule has 1 heterocycles. The van der Waals surface area contributed by atoms with Gasteiger partial charge in [0, 0.05) is 12.7 Å². The lowest BCUT2D eigenvalue weighted by molar-refractivity contribution is -0.142. The molecule has 0 radical (unpaired) electrons. The summed E-state index contributed by atoms with van der Waals surface area (Å²) in [7, 11) is 1.60. The average Bonchev–Trinajstić information content (AvgIpc) is 2.91. The van der Waals surface area contributed by atoms with Gasteiger partial charge in [-0.2, -0.15) is 0 Å². The molecule has 2 atom stereocenters. The number of carboxylic acids is 1. The van der Waals surface area contributed by atoms with Crippen molar-refractivity contribution in [2.75, 3.05) is 25.6 Å². The van der Waals surface area contributed by atoms with Crippen molar-refractivity contribution in [3.05, 3.63) is 29.3 Å². The van der Waals surface area contributed by atoms with Crippen LogP contribution in [-0.2, 0) is 9.53 Å². The first kappa shape index (κ1) is 15.3. The molecule has 0 spiro atoms. The lowest BCUT2D eigenvalue weighted by Gasteiger charge is -2.27. The summed E-state index contributed by atoms with van der Waals surface area (Å²) in [5.74, 6) is -1.62. The fourth-order valence-corrected chi connectivity index (χ4v) is 2.52. The standard InChI is InChI=1S/C15H20N2O4/c1-9-5-4-6-10(2)13(9)16-15(20)17(3)12-8-21-7-11(12)14(18)19/h4-6,11-12H,7-8H2,1-3H3,(H,16,20)(H,18,19). The molecule has 1 fully saturated rings. The number of nitrogens with one attached hydrogen (secondary N) is 1. The Kier molecular flexibility index (Phi) is 4.47. The Morgan fingerprint density at radius 3 is 2.48 bits per heavy atom. The van der Waals surface area contributed by atoms with E-state index in [4.69, 9.17) is 9.84 Å². The summed E-state index contributed by atoms with van der Waals surface area (Å²) in [6, 6.07) is 4.99. The number of hydrogen-bond acceptors (Lipinski definition) is 3. The van der Waals surface area contributed by atoms with Crippen LogP contribution in [0.5, 0.6) is 0 Å². The lowest BCUT2D eigenvalue weighted by atomic mass is 10.0. The van der Waals surface area contributed by atoms with Crippen molar-refractivity contribution >= 4 is 17.7 Å². The summed E-state index contributed by atoms with van der Waals surface area (Å²) in [5, 5.41) is 12.0. The zero-order valence-corrected chi connectivity index (χ0v) is 12.4. The van der Waals surface area contributed by atoms with Gasteiger partial charge in [0.2, 0.25) is 0 Å². The molecule has 2 rings (SSSR count). The van der Waals surface area contributed by atoms with E-state index in [0.29, 0.717) is 0 Å². The number of carbonyl (C=O) groups excluding carboxylic acids is 1. The highest BCUT2D eigenvalue weighted by molar-refractivity contribution is 5.91. The van der Waals surface area contributed by atoms with Crippen molar-refractivity contribution in [1.82, 2.24) is 4.90 Å². The predicted molar refractivity (Wildman–Crippen MR) is 78.4 cm³/mol. The van der Waals surface area contributed by atoms with Crippen molar-refractivity contribution in [3.8, 4) is 0 Å². The maximum Gasteiger partial charge on any atom is 0.321 e. The highest BCUT2D eigenvalue weighted by Gasteiger charge is 2.38. The highest BCUT2D eigenvalue weighted by atomic mass is 16.5. The van der Waals surface area contributed by atoms with Gasteiger partial charge in [0.25, 0.3) is 0 Å². The maximum absolute atomic E-state index is 12.3. The van der Waals surface area contributed by atoms with Crippen LogP contribution in [0.1, 0.15) is 11.1 Å². The summed E-state index contributed by atoms with van der Waals surface area (Å²) in [4.78, 5) is 24.9. The third-order valence-corrected chi connectivity index (χ3v) is 3.90. The van der Waals surface area contributed by atoms with E-state index in [1.807, 2.05) is 32.0 Å². The number of amides is 2. The number of hydrogen-bond donors (Lipinski definition) is 2. The van der Waals surface area contributed by atoms with E-state index in [1.54, 1.807) is 7.05 Å². The van der Waals surface area contributed by atoms with Crippen LogP contribution in [-0.4, -0.2) is 48.3 Å². The minimum Gasteiger partial charge on any atom is -0.481 e. The molecule has 6 nitrogen and oxygen atoms in total. The number of carbonyl (C=O) groups is 2. The van der Waals surface area contributed by atoms with E-state index >= 15 is 0 Å². The molecule has 2 unspecified atom stereocenters. The number of nitrogens with zero attached hydrogens (tertiary/aromatic N) is 1. The number of rotatable bonds is 3. The van der Waals surface area contributed by atoms with Crippen LogP contribution in [0.2, 0.25) is 0 Å². The van der Waals surface area contributed by atoms with E-state index in [9.17, 15) is 9.59 Å². The van der Waals surface area contributed by atoms with Crippen molar-refractivity contribution in [1.29, 1.82) is 0 Å². The largest absolute Gasteiger partial charge is 0.481 e. The summed E-state index contributed by atoms with van der Waals surface area (Å²) in [6.07, 6.45) is 0. The van der Waals surface area contributed by atoms with E-state index in [1.165, 1.54) is 4.90 Å². The third-order valence-electron chi connectivity index (χ3n) is 3.90. The molecular formula is C15H20N2O4. The molecule has 1 saturated heterocycles. The van der Waals surface area contributed by atoms with Crippen molar-refractivity contribution in [2.45, 2.75) is 19.9 Å². The first-order valence-corrected chi connectivity index (χ1v) is 6.82. The van der Waals surface area contributed by atoms with Gasteiger partial charge < -0.3 is 20.1 Å². The second-order valence-electron chi connectivity index (χ2n) is 5.36. The Labute approximate surface area is 123 Å². The SMILES string of the molecule is Cc1cccc(C)c1NC(=O)N(C)C1COCC1C(=O)O. The van der Waals surface area contributed by atoms with Gasteiger partial charge in [0.1, 0.15) is 5.92 Å². The smallest absolute Gasteiger partial charge is 0.321 e. The molecule has 1 aromatic carbocycles. The quantitative estimate of drug-likeness (QED) is 0.891. The highest BCUT2D eigenvalue weighted by Crippen LogP contribution is 2.23. The molecule has 2 amide bonds. The number of aryl methyl sites for hydroxylation is 2. The number of carboxylic acid groups (broad SMARTS) is 1. The Balaban J connectivity index is 2.11. The van der Waals surface area contributed by atoms with Crippen LogP contribution in [0.3, 0.4) is 0 Å². The van der Waals surface area contributed by atoms with Crippen LogP contribution in [0, 0.1) is 19.8 Å². The van der Waals surface area contributed by atoms with Crippen molar-refractivity contribution < 1.29 is 19.4 Å². The van der Waals surface area contributed by atoms with Gasteiger partial charge >= 0.3 is 12.0 Å². The molecule has 1 aliphatic heterocycles. The van der Waals surface area contributed by atoms with Gasteiger partial charge in [-0.3, -0.25) is 4.79 Å². The van der Waals surface area contributed by atoms with E-state index < -0.39 is 17.9 Å². The molecule has 0 saturated carbocycles. The molecule has 1 aliphatic rings. The number of para-hydroxylation sites is 1. The maximum atomic E-state index is 12.3. The van der Waals surface area contributed by atoms with E-state index in [0.717, 1.165) is 16.8 Å². The Morgan fingerprint density at radius 1 is 1.29 bits per heavy atom. The molecule has 2 N–H and O–H groups in total. The molecule has 21 heavy (non-hydrogen) atoms. The Hall–Kier alpha value is -2.08. The first-order valence-electron chi connectivity index (χ1n) is 6.82. The number of urea groups is 1. The molecule has 0 aliphatic carbocycles. The van der Waals surface area contributed by atoms with Gasteiger partial charge in [-0.1, -0.05) is 18.2 Å². The molecular weight excluding hydrogens is 272 g/mol. The Morgan fingerprint density at radius 2 is 1.90 bits per heavy atom. The van der Waals surface area contributed by atoms with Crippen molar-refractivity contribution in [2.24, 2.45) is 5.92 Å². The summed E-state index contributed by atoms with van der Waals surface area (Å²) >= 11 is 0. The molecule has 1 aromatic rings. The van der Waals surface area contributed by atoms with Gasteiger partial charge in [-0.25, -0.2) is 4.79 Å². The van der Waals surface area contributed by atoms with Gasteiger partial charge in [0.05, 0.1) is 19.3 Å². The van der Waals surface area contributed by atoms with Crippen LogP contribution >= 0.6 is 0 Å². The van der Waals surface area contributed by atoms with Crippen LogP contribution < -0.4 is 5.32 Å². The topological polar surface area (TPSA) is 78.9 Å². The minimum absolute atomic E-state index is 0.140. The summed E-state index contributed by atoms with van der Waals surface area (Å²) < 4.78 is 5.20. The zero-order valence-electron chi connectivity index (χ0n) is 12.4. The Bertz CT molecular complexity index is 538. The van der Waals surface area contributed by atoms with E-state index in [2.05, 4.69) is 5.32 Å². The normalized spacial score (nSPS) is 21.1. The van der Waals surface area contributed by atoms with Crippen LogP contribution in [0.15, 0.2) is 18.2 Å². The minimum atomic E-state index is -0.941. The number of ether oxygens (including phenoxy) is 1. The lowest BCUT2D eigenvalue weighted by Crippen LogP contribution is -2.46. The van der Waals surface area contributed by atoms with E-state index in [-0.39, 0.29) is 19.2 Å². The number of aliphatic carboxylic acids is 1.